The molecular formula is C18H17F3N4O. The first-order valence-corrected chi connectivity index (χ1v) is 7.85. The van der Waals surface area contributed by atoms with Crippen LogP contribution in [0.4, 0.5) is 19.0 Å². The number of aromatic nitrogens is 2. The quantitative estimate of drug-likeness (QED) is 0.751. The summed E-state index contributed by atoms with van der Waals surface area (Å²) in [5.41, 5.74) is 8.94. The predicted octanol–water partition coefficient (Wildman–Crippen LogP) is 3.62. The van der Waals surface area contributed by atoms with Crippen molar-refractivity contribution in [1.82, 2.24) is 9.97 Å². The second-order valence-electron chi connectivity index (χ2n) is 5.80. The third kappa shape index (κ3) is 4.40. The Bertz CT molecular complexity index is 897. The molecule has 1 aromatic heterocycles. The van der Waals surface area contributed by atoms with Gasteiger partial charge in [0.05, 0.1) is 17.2 Å². The Morgan fingerprint density at radius 3 is 2.38 bits per heavy atom. The van der Waals surface area contributed by atoms with Gasteiger partial charge in [0.15, 0.2) is 0 Å². The van der Waals surface area contributed by atoms with E-state index in [1.54, 1.807) is 18.3 Å². The van der Waals surface area contributed by atoms with Crippen molar-refractivity contribution in [3.05, 3.63) is 59.8 Å². The second-order valence-corrected chi connectivity index (χ2v) is 5.80. The summed E-state index contributed by atoms with van der Waals surface area (Å²) in [6.45, 7) is 0.903. The highest BCUT2D eigenvalue weighted by molar-refractivity contribution is 5.76. The Labute approximate surface area is 148 Å². The number of ether oxygens (including phenoxy) is 1. The zero-order valence-electron chi connectivity index (χ0n) is 14.0. The Kier molecular flexibility index (Phi) is 4.94. The molecule has 0 aliphatic carbocycles. The normalized spacial score (nSPS) is 11.6. The van der Waals surface area contributed by atoms with Gasteiger partial charge in [-0.25, -0.2) is 4.98 Å². The van der Waals surface area contributed by atoms with Crippen molar-refractivity contribution >= 4 is 16.9 Å². The van der Waals surface area contributed by atoms with Crippen molar-refractivity contribution in [2.24, 2.45) is 5.73 Å². The number of nitrogens with two attached hydrogens (primary N) is 1. The number of nitrogens with zero attached hydrogens (tertiary/aromatic N) is 3. The number of hydrogen-bond acceptors (Lipinski definition) is 5. The molecule has 0 aliphatic rings. The van der Waals surface area contributed by atoms with Gasteiger partial charge in [-0.1, -0.05) is 18.2 Å². The van der Waals surface area contributed by atoms with E-state index in [-0.39, 0.29) is 5.75 Å². The topological polar surface area (TPSA) is 64.3 Å². The molecule has 3 aromatic rings. The molecule has 0 amide bonds. The molecule has 8 heteroatoms. The van der Waals surface area contributed by atoms with Gasteiger partial charge in [-0.15, -0.1) is 13.2 Å². The summed E-state index contributed by atoms with van der Waals surface area (Å²) in [6.07, 6.45) is -3.04. The van der Waals surface area contributed by atoms with Crippen LogP contribution in [0.1, 0.15) is 11.1 Å². The van der Waals surface area contributed by atoms with Gasteiger partial charge >= 0.3 is 6.36 Å². The van der Waals surface area contributed by atoms with E-state index in [4.69, 9.17) is 5.73 Å². The summed E-state index contributed by atoms with van der Waals surface area (Å²) >= 11 is 0. The van der Waals surface area contributed by atoms with E-state index in [0.29, 0.717) is 18.9 Å². The van der Waals surface area contributed by atoms with E-state index < -0.39 is 6.36 Å². The molecule has 0 saturated heterocycles. The van der Waals surface area contributed by atoms with Gasteiger partial charge < -0.3 is 15.4 Å². The number of rotatable bonds is 5. The summed E-state index contributed by atoms with van der Waals surface area (Å²) in [6, 6.07) is 11.4. The highest BCUT2D eigenvalue weighted by Crippen LogP contribution is 2.23. The fourth-order valence-corrected chi connectivity index (χ4v) is 2.51. The minimum absolute atomic E-state index is 0.245. The first-order valence-electron chi connectivity index (χ1n) is 7.85. The van der Waals surface area contributed by atoms with Gasteiger partial charge in [-0.3, -0.25) is 4.98 Å². The van der Waals surface area contributed by atoms with Crippen molar-refractivity contribution in [1.29, 1.82) is 0 Å². The lowest BCUT2D eigenvalue weighted by Gasteiger charge is -2.18. The maximum Gasteiger partial charge on any atom is 0.573 e. The summed E-state index contributed by atoms with van der Waals surface area (Å²) < 4.78 is 40.5. The van der Waals surface area contributed by atoms with Crippen LogP contribution in [-0.4, -0.2) is 23.4 Å². The van der Waals surface area contributed by atoms with E-state index in [9.17, 15) is 13.2 Å². The molecule has 0 aliphatic heterocycles. The Morgan fingerprint density at radius 1 is 1.04 bits per heavy atom. The van der Waals surface area contributed by atoms with E-state index >= 15 is 0 Å². The van der Waals surface area contributed by atoms with Gasteiger partial charge in [0.25, 0.3) is 0 Å². The summed E-state index contributed by atoms with van der Waals surface area (Å²) in [4.78, 5) is 10.8. The first kappa shape index (κ1) is 17.9. The molecule has 0 saturated carbocycles. The van der Waals surface area contributed by atoms with Crippen LogP contribution < -0.4 is 15.4 Å². The van der Waals surface area contributed by atoms with Gasteiger partial charge in [-0.2, -0.15) is 0 Å². The van der Waals surface area contributed by atoms with E-state index in [1.165, 1.54) is 12.1 Å². The summed E-state index contributed by atoms with van der Waals surface area (Å²) in [5, 5.41) is 0. The Morgan fingerprint density at radius 2 is 1.73 bits per heavy atom. The number of hydrogen-bond donors (Lipinski definition) is 1. The van der Waals surface area contributed by atoms with Crippen LogP contribution in [0.15, 0.2) is 48.7 Å². The molecule has 2 N–H and O–H groups in total. The van der Waals surface area contributed by atoms with Crippen LogP contribution in [0.3, 0.4) is 0 Å². The standard InChI is InChI=1S/C18H17F3N4O/c1-25(11-12-2-5-14(6-3-12)26-18(19,20)21)17-10-23-16-8-13(9-22)4-7-15(16)24-17/h2-8,10H,9,11,22H2,1H3. The van der Waals surface area contributed by atoms with Crippen molar-refractivity contribution in [2.75, 3.05) is 11.9 Å². The zero-order valence-corrected chi connectivity index (χ0v) is 14.0. The maximum atomic E-state index is 12.2. The van der Waals surface area contributed by atoms with Gasteiger partial charge in [0.2, 0.25) is 0 Å². The largest absolute Gasteiger partial charge is 0.573 e. The van der Waals surface area contributed by atoms with Crippen LogP contribution in [0, 0.1) is 0 Å². The first-order chi connectivity index (χ1) is 12.3. The molecule has 0 fully saturated rings. The molecule has 0 spiro atoms. The summed E-state index contributed by atoms with van der Waals surface area (Å²) in [7, 11) is 1.84. The Balaban J connectivity index is 1.73. The zero-order chi connectivity index (χ0) is 18.7. The van der Waals surface area contributed by atoms with Crippen molar-refractivity contribution in [2.45, 2.75) is 19.5 Å². The van der Waals surface area contributed by atoms with Gasteiger partial charge in [-0.05, 0) is 35.4 Å². The smallest absolute Gasteiger partial charge is 0.406 e. The molecule has 136 valence electrons. The lowest BCUT2D eigenvalue weighted by Crippen LogP contribution is -2.18. The minimum atomic E-state index is -4.69. The SMILES string of the molecule is CN(Cc1ccc(OC(F)(F)F)cc1)c1cnc2cc(CN)ccc2n1. The molecule has 0 radical (unpaired) electrons. The lowest BCUT2D eigenvalue weighted by atomic mass is 10.2. The average Bonchev–Trinajstić information content (AvgIpc) is 2.61. The third-order valence-electron chi connectivity index (χ3n) is 3.80. The van der Waals surface area contributed by atoms with Crippen molar-refractivity contribution < 1.29 is 17.9 Å². The molecule has 26 heavy (non-hydrogen) atoms. The molecule has 2 aromatic carbocycles. The molecule has 0 atom stereocenters. The van der Waals surface area contributed by atoms with E-state index in [0.717, 1.165) is 22.2 Å². The van der Waals surface area contributed by atoms with Gasteiger partial charge in [0, 0.05) is 20.1 Å². The molecule has 5 nitrogen and oxygen atoms in total. The highest BCUT2D eigenvalue weighted by atomic mass is 19.4. The third-order valence-corrected chi connectivity index (χ3v) is 3.80. The van der Waals surface area contributed by atoms with Crippen LogP contribution >= 0.6 is 0 Å². The van der Waals surface area contributed by atoms with Crippen LogP contribution in [0.5, 0.6) is 5.75 Å². The van der Waals surface area contributed by atoms with E-state index in [2.05, 4.69) is 14.7 Å². The number of fused-ring (bicyclic) bond motifs is 1. The second kappa shape index (κ2) is 7.17. The lowest BCUT2D eigenvalue weighted by molar-refractivity contribution is -0.274. The molecule has 0 unspecified atom stereocenters. The Hall–Kier alpha value is -2.87. The maximum absolute atomic E-state index is 12.2. The number of anilines is 1. The van der Waals surface area contributed by atoms with Crippen molar-refractivity contribution in [3.63, 3.8) is 0 Å². The summed E-state index contributed by atoms with van der Waals surface area (Å²) in [5.74, 6) is 0.415. The van der Waals surface area contributed by atoms with E-state index in [1.807, 2.05) is 30.1 Å². The average molecular weight is 362 g/mol. The molecule has 0 bridgehead atoms. The predicted molar refractivity (Wildman–Crippen MR) is 92.7 cm³/mol. The molecule has 3 rings (SSSR count). The molecule has 1 heterocycles. The fourth-order valence-electron chi connectivity index (χ4n) is 2.51. The minimum Gasteiger partial charge on any atom is -0.406 e. The monoisotopic (exact) mass is 362 g/mol. The number of benzene rings is 2. The van der Waals surface area contributed by atoms with Crippen LogP contribution in [0.2, 0.25) is 0 Å². The number of alkyl halides is 3. The number of halogens is 3. The van der Waals surface area contributed by atoms with Crippen LogP contribution in [-0.2, 0) is 13.1 Å². The highest BCUT2D eigenvalue weighted by Gasteiger charge is 2.30. The molecular weight excluding hydrogens is 345 g/mol. The van der Waals surface area contributed by atoms with Gasteiger partial charge in [0.1, 0.15) is 11.6 Å². The van der Waals surface area contributed by atoms with Crippen LogP contribution in [0.25, 0.3) is 11.0 Å². The van der Waals surface area contributed by atoms with Crippen molar-refractivity contribution in [3.8, 4) is 5.75 Å². The fraction of sp³-hybridized carbons (Fsp3) is 0.222.